The highest BCUT2D eigenvalue weighted by Gasteiger charge is 2.24. The van der Waals surface area contributed by atoms with Gasteiger partial charge in [0.15, 0.2) is 5.82 Å². The van der Waals surface area contributed by atoms with Gasteiger partial charge in [-0.05, 0) is 38.2 Å². The van der Waals surface area contributed by atoms with E-state index < -0.39 is 0 Å². The van der Waals surface area contributed by atoms with Crippen LogP contribution in [0.15, 0.2) is 0 Å². The van der Waals surface area contributed by atoms with Gasteiger partial charge in [-0.2, -0.15) is 5.10 Å². The predicted molar refractivity (Wildman–Crippen MR) is 74.5 cm³/mol. The average molecular weight is 263 g/mol. The molecule has 1 aromatic heterocycles. The number of aliphatic hydroxyl groups is 1. The maximum Gasteiger partial charge on any atom is 0.162 e. The van der Waals surface area contributed by atoms with E-state index in [1.807, 2.05) is 13.8 Å². The van der Waals surface area contributed by atoms with Crippen LogP contribution >= 0.6 is 0 Å². The number of nitrogen functional groups attached to an aromatic ring is 1. The molecule has 1 aliphatic rings. The Labute approximate surface area is 113 Å². The minimum Gasteiger partial charge on any atom is -0.396 e. The van der Waals surface area contributed by atoms with Gasteiger partial charge in [0.1, 0.15) is 5.84 Å². The van der Waals surface area contributed by atoms with E-state index in [9.17, 15) is 5.11 Å². The van der Waals surface area contributed by atoms with Gasteiger partial charge >= 0.3 is 0 Å². The molecule has 1 atom stereocenters. The van der Waals surface area contributed by atoms with Gasteiger partial charge in [-0.15, -0.1) is 5.10 Å². The molecule has 1 fully saturated rings. The van der Waals surface area contributed by atoms with Crippen molar-refractivity contribution in [1.82, 2.24) is 10.2 Å². The molecule has 4 N–H and O–H groups in total. The van der Waals surface area contributed by atoms with E-state index in [0.717, 1.165) is 37.2 Å². The van der Waals surface area contributed by atoms with Gasteiger partial charge in [-0.25, -0.2) is 0 Å². The zero-order valence-corrected chi connectivity index (χ0v) is 11.5. The van der Waals surface area contributed by atoms with Crippen molar-refractivity contribution in [2.45, 2.75) is 26.7 Å². The van der Waals surface area contributed by atoms with E-state index >= 15 is 0 Å². The van der Waals surface area contributed by atoms with Crippen molar-refractivity contribution in [2.24, 2.45) is 11.7 Å². The first kappa shape index (κ1) is 13.7. The van der Waals surface area contributed by atoms with Crippen molar-refractivity contribution < 1.29 is 5.11 Å². The van der Waals surface area contributed by atoms with E-state index in [0.29, 0.717) is 11.4 Å². The minimum atomic E-state index is 0.0246. The van der Waals surface area contributed by atoms with Gasteiger partial charge in [-0.1, -0.05) is 0 Å². The Hall–Kier alpha value is -1.69. The zero-order chi connectivity index (χ0) is 14.0. The largest absolute Gasteiger partial charge is 0.396 e. The minimum absolute atomic E-state index is 0.0246. The molecule has 0 radical (unpaired) electrons. The molecule has 0 amide bonds. The van der Waals surface area contributed by atoms with Crippen LogP contribution in [0, 0.1) is 25.2 Å². The van der Waals surface area contributed by atoms with Gasteiger partial charge in [-0.3, -0.25) is 5.41 Å². The van der Waals surface area contributed by atoms with Crippen LogP contribution in [0.1, 0.15) is 29.7 Å². The number of rotatable bonds is 3. The quantitative estimate of drug-likeness (QED) is 0.547. The maximum absolute atomic E-state index is 9.30. The van der Waals surface area contributed by atoms with Gasteiger partial charge in [0.2, 0.25) is 0 Å². The van der Waals surface area contributed by atoms with Crippen molar-refractivity contribution in [2.75, 3.05) is 24.6 Å². The second-order valence-electron chi connectivity index (χ2n) is 5.16. The van der Waals surface area contributed by atoms with Crippen molar-refractivity contribution in [3.05, 3.63) is 16.8 Å². The fourth-order valence-corrected chi connectivity index (χ4v) is 2.55. The van der Waals surface area contributed by atoms with Gasteiger partial charge in [0, 0.05) is 19.7 Å². The molecule has 2 heterocycles. The lowest BCUT2D eigenvalue weighted by Crippen LogP contribution is -2.39. The molecule has 1 aliphatic heterocycles. The van der Waals surface area contributed by atoms with E-state index in [1.54, 1.807) is 0 Å². The Kier molecular flexibility index (Phi) is 3.99. The summed E-state index contributed by atoms with van der Waals surface area (Å²) >= 11 is 0. The number of aromatic nitrogens is 2. The number of nitrogens with zero attached hydrogens (tertiary/aromatic N) is 3. The highest BCUT2D eigenvalue weighted by Crippen LogP contribution is 2.26. The molecule has 0 aromatic carbocycles. The van der Waals surface area contributed by atoms with Crippen LogP contribution in [0.3, 0.4) is 0 Å². The molecule has 0 saturated carbocycles. The molecular weight excluding hydrogens is 242 g/mol. The molecule has 0 aliphatic carbocycles. The zero-order valence-electron chi connectivity index (χ0n) is 11.5. The van der Waals surface area contributed by atoms with Crippen LogP contribution < -0.4 is 10.6 Å². The lowest BCUT2D eigenvalue weighted by Gasteiger charge is -2.33. The number of nitrogens with one attached hydrogen (secondary N) is 1. The van der Waals surface area contributed by atoms with Crippen molar-refractivity contribution in [1.29, 1.82) is 5.41 Å². The summed E-state index contributed by atoms with van der Waals surface area (Å²) in [6.07, 6.45) is 2.04. The van der Waals surface area contributed by atoms with Gasteiger partial charge in [0.05, 0.1) is 11.3 Å². The lowest BCUT2D eigenvalue weighted by molar-refractivity contribution is 0.208. The van der Waals surface area contributed by atoms with E-state index in [-0.39, 0.29) is 18.4 Å². The lowest BCUT2D eigenvalue weighted by atomic mass is 9.98. The SMILES string of the molecule is Cc1nnc(N2CCCC(CO)C2)c(C(=N)N)c1C. The highest BCUT2D eigenvalue weighted by atomic mass is 16.3. The fraction of sp³-hybridized carbons (Fsp3) is 0.615. The summed E-state index contributed by atoms with van der Waals surface area (Å²) in [4.78, 5) is 2.08. The molecule has 2 rings (SSSR count). The van der Waals surface area contributed by atoms with Crippen LogP contribution in [0.25, 0.3) is 0 Å². The fourth-order valence-electron chi connectivity index (χ4n) is 2.55. The van der Waals surface area contributed by atoms with Crippen LogP contribution in [-0.2, 0) is 0 Å². The Morgan fingerprint density at radius 2 is 2.21 bits per heavy atom. The molecule has 6 nitrogen and oxygen atoms in total. The molecule has 104 valence electrons. The highest BCUT2D eigenvalue weighted by molar-refractivity contribution is 6.01. The van der Waals surface area contributed by atoms with E-state index in [1.165, 1.54) is 0 Å². The number of piperidine rings is 1. The first-order valence-electron chi connectivity index (χ1n) is 6.58. The van der Waals surface area contributed by atoms with Crippen LogP contribution in [0.4, 0.5) is 5.82 Å². The molecule has 1 saturated heterocycles. The Bertz CT molecular complexity index is 488. The second-order valence-corrected chi connectivity index (χ2v) is 5.16. The normalized spacial score (nSPS) is 19.5. The van der Waals surface area contributed by atoms with Crippen molar-refractivity contribution in [3.63, 3.8) is 0 Å². The monoisotopic (exact) mass is 263 g/mol. The van der Waals surface area contributed by atoms with Crippen LogP contribution in [0.5, 0.6) is 0 Å². The molecule has 6 heteroatoms. The molecule has 0 bridgehead atoms. The number of hydrogen-bond acceptors (Lipinski definition) is 5. The number of hydrogen-bond donors (Lipinski definition) is 3. The average Bonchev–Trinajstić information content (AvgIpc) is 2.41. The Balaban J connectivity index is 2.39. The number of amidine groups is 1. The summed E-state index contributed by atoms with van der Waals surface area (Å²) in [6.45, 7) is 5.58. The summed E-state index contributed by atoms with van der Waals surface area (Å²) < 4.78 is 0. The van der Waals surface area contributed by atoms with Crippen LogP contribution in [-0.4, -0.2) is 40.8 Å². The summed E-state index contributed by atoms with van der Waals surface area (Å²) in [7, 11) is 0. The third-order valence-electron chi connectivity index (χ3n) is 3.78. The molecule has 1 aromatic rings. The summed E-state index contributed by atoms with van der Waals surface area (Å²) in [6, 6.07) is 0. The number of aryl methyl sites for hydroxylation is 1. The molecule has 19 heavy (non-hydrogen) atoms. The molecular formula is C13H21N5O. The Morgan fingerprint density at radius 1 is 1.47 bits per heavy atom. The second kappa shape index (κ2) is 5.52. The topological polar surface area (TPSA) is 99.1 Å². The predicted octanol–water partition coefficient (Wildman–Crippen LogP) is 0.586. The Morgan fingerprint density at radius 3 is 2.84 bits per heavy atom. The maximum atomic E-state index is 9.30. The van der Waals surface area contributed by atoms with Gasteiger partial charge in [0.25, 0.3) is 0 Å². The summed E-state index contributed by atoms with van der Waals surface area (Å²) in [5.74, 6) is 0.960. The van der Waals surface area contributed by atoms with Crippen molar-refractivity contribution >= 4 is 11.7 Å². The smallest absolute Gasteiger partial charge is 0.162 e. The number of anilines is 1. The molecule has 1 unspecified atom stereocenters. The van der Waals surface area contributed by atoms with Crippen molar-refractivity contribution in [3.8, 4) is 0 Å². The third-order valence-corrected chi connectivity index (χ3v) is 3.78. The standard InChI is InChI=1S/C13H21N5O/c1-8-9(2)16-17-13(11(8)12(14)15)18-5-3-4-10(6-18)7-19/h10,19H,3-7H2,1-2H3,(H3,14,15). The summed E-state index contributed by atoms with van der Waals surface area (Å²) in [5.41, 5.74) is 8.07. The van der Waals surface area contributed by atoms with E-state index in [2.05, 4.69) is 15.1 Å². The first-order valence-corrected chi connectivity index (χ1v) is 6.58. The number of nitrogens with two attached hydrogens (primary N) is 1. The third kappa shape index (κ3) is 2.68. The molecule has 0 spiro atoms. The summed E-state index contributed by atoms with van der Waals surface area (Å²) in [5, 5.41) is 25.4. The van der Waals surface area contributed by atoms with Gasteiger partial charge < -0.3 is 15.7 Å². The first-order chi connectivity index (χ1) is 9.04. The van der Waals surface area contributed by atoms with E-state index in [4.69, 9.17) is 11.1 Å². The van der Waals surface area contributed by atoms with Crippen LogP contribution in [0.2, 0.25) is 0 Å². The number of aliphatic hydroxyl groups excluding tert-OH is 1.